The fourth-order valence-corrected chi connectivity index (χ4v) is 2.96. The maximum absolute atomic E-state index is 8.78. The summed E-state index contributed by atoms with van der Waals surface area (Å²) in [6.07, 6.45) is 4.62. The van der Waals surface area contributed by atoms with Crippen LogP contribution in [0.25, 0.3) is 0 Å². The van der Waals surface area contributed by atoms with Gasteiger partial charge < -0.3 is 10.4 Å². The zero-order valence-corrected chi connectivity index (χ0v) is 10.7. The molecule has 0 aromatic rings. The Labute approximate surface area is 94.5 Å². The van der Waals surface area contributed by atoms with Crippen LogP contribution in [0.1, 0.15) is 53.4 Å². The molecule has 3 atom stereocenters. The third kappa shape index (κ3) is 4.12. The molecule has 1 aliphatic rings. The number of hydrogen-bond donors (Lipinski definition) is 2. The average Bonchev–Trinajstić information content (AvgIpc) is 2.36. The fraction of sp³-hybridized carbons (Fsp3) is 1.00. The van der Waals surface area contributed by atoms with Gasteiger partial charge in [0.25, 0.3) is 0 Å². The predicted octanol–water partition coefficient (Wildman–Crippen LogP) is 2.56. The van der Waals surface area contributed by atoms with Crippen LogP contribution in [0, 0.1) is 11.3 Å². The molecule has 0 heterocycles. The van der Waals surface area contributed by atoms with E-state index in [1.54, 1.807) is 0 Å². The van der Waals surface area contributed by atoms with Crippen molar-refractivity contribution in [3.05, 3.63) is 0 Å². The second-order valence-corrected chi connectivity index (χ2v) is 6.09. The van der Waals surface area contributed by atoms with E-state index in [2.05, 4.69) is 33.0 Å². The molecule has 0 amide bonds. The van der Waals surface area contributed by atoms with Gasteiger partial charge in [0.1, 0.15) is 0 Å². The molecule has 0 aromatic heterocycles. The van der Waals surface area contributed by atoms with Crippen LogP contribution in [0.15, 0.2) is 0 Å². The molecule has 0 aliphatic heterocycles. The number of aliphatic hydroxyl groups is 1. The van der Waals surface area contributed by atoms with Crippen molar-refractivity contribution in [3.8, 4) is 0 Å². The first-order valence-corrected chi connectivity index (χ1v) is 6.31. The first kappa shape index (κ1) is 13.0. The third-order valence-electron chi connectivity index (χ3n) is 3.63. The van der Waals surface area contributed by atoms with Crippen molar-refractivity contribution in [2.75, 3.05) is 6.61 Å². The molecule has 1 saturated carbocycles. The highest BCUT2D eigenvalue weighted by atomic mass is 16.2. The van der Waals surface area contributed by atoms with Gasteiger partial charge in [-0.3, -0.25) is 0 Å². The van der Waals surface area contributed by atoms with Gasteiger partial charge in [0.05, 0.1) is 0 Å². The number of aliphatic hydroxyl groups excluding tert-OH is 1. The molecule has 1 rings (SSSR count). The van der Waals surface area contributed by atoms with Crippen LogP contribution in [-0.4, -0.2) is 23.8 Å². The molecule has 0 unspecified atom stereocenters. The maximum atomic E-state index is 8.78. The Morgan fingerprint density at radius 3 is 2.53 bits per heavy atom. The minimum atomic E-state index is 0.317. The van der Waals surface area contributed by atoms with E-state index in [4.69, 9.17) is 5.11 Å². The molecule has 0 radical (unpaired) electrons. The molecule has 1 aliphatic carbocycles. The fourth-order valence-electron chi connectivity index (χ4n) is 2.96. The summed E-state index contributed by atoms with van der Waals surface area (Å²) in [6, 6.07) is 1.21. The van der Waals surface area contributed by atoms with E-state index in [0.717, 1.165) is 18.8 Å². The summed E-state index contributed by atoms with van der Waals surface area (Å²) in [7, 11) is 0. The summed E-state index contributed by atoms with van der Waals surface area (Å²) in [5.41, 5.74) is 0.508. The molecule has 1 fully saturated rings. The molecule has 2 nitrogen and oxygen atoms in total. The normalized spacial score (nSPS) is 31.8. The SMILES string of the molecule is C[C@H](CCCO)N[C@@H]1CC(C)(C)C[C@@H]1C. The van der Waals surface area contributed by atoms with Gasteiger partial charge in [-0.15, -0.1) is 0 Å². The number of hydrogen-bond acceptors (Lipinski definition) is 2. The smallest absolute Gasteiger partial charge is 0.0431 e. The van der Waals surface area contributed by atoms with E-state index in [1.165, 1.54) is 12.8 Å². The van der Waals surface area contributed by atoms with E-state index < -0.39 is 0 Å². The van der Waals surface area contributed by atoms with Gasteiger partial charge in [0, 0.05) is 18.7 Å². The highest BCUT2D eigenvalue weighted by molar-refractivity contribution is 4.92. The topological polar surface area (TPSA) is 32.3 Å². The van der Waals surface area contributed by atoms with Crippen LogP contribution in [0.5, 0.6) is 0 Å². The number of rotatable bonds is 5. The maximum Gasteiger partial charge on any atom is 0.0431 e. The van der Waals surface area contributed by atoms with Crippen LogP contribution in [0.2, 0.25) is 0 Å². The summed E-state index contributed by atoms with van der Waals surface area (Å²) >= 11 is 0. The molecule has 0 saturated heterocycles. The Balaban J connectivity index is 2.32. The summed E-state index contributed by atoms with van der Waals surface area (Å²) < 4.78 is 0. The van der Waals surface area contributed by atoms with Crippen LogP contribution in [0.4, 0.5) is 0 Å². The Morgan fingerprint density at radius 1 is 1.40 bits per heavy atom. The first-order valence-electron chi connectivity index (χ1n) is 6.31. The van der Waals surface area contributed by atoms with Gasteiger partial charge in [0.15, 0.2) is 0 Å². The van der Waals surface area contributed by atoms with Gasteiger partial charge in [-0.2, -0.15) is 0 Å². The van der Waals surface area contributed by atoms with Crippen LogP contribution >= 0.6 is 0 Å². The quantitative estimate of drug-likeness (QED) is 0.735. The third-order valence-corrected chi connectivity index (χ3v) is 3.63. The van der Waals surface area contributed by atoms with Crippen LogP contribution in [0.3, 0.4) is 0 Å². The highest BCUT2D eigenvalue weighted by Gasteiger charge is 2.36. The Hall–Kier alpha value is -0.0800. The van der Waals surface area contributed by atoms with Crippen molar-refractivity contribution in [2.45, 2.75) is 65.5 Å². The lowest BCUT2D eigenvalue weighted by molar-refractivity contribution is 0.269. The van der Waals surface area contributed by atoms with Crippen molar-refractivity contribution in [2.24, 2.45) is 11.3 Å². The molecule has 90 valence electrons. The van der Waals surface area contributed by atoms with Crippen molar-refractivity contribution in [1.29, 1.82) is 0 Å². The van der Waals surface area contributed by atoms with Gasteiger partial charge in [-0.05, 0) is 43.9 Å². The van der Waals surface area contributed by atoms with Crippen molar-refractivity contribution in [3.63, 3.8) is 0 Å². The molecular formula is C13H27NO. The largest absolute Gasteiger partial charge is 0.396 e. The second-order valence-electron chi connectivity index (χ2n) is 6.09. The minimum absolute atomic E-state index is 0.317. The van der Waals surface area contributed by atoms with E-state index in [0.29, 0.717) is 24.1 Å². The van der Waals surface area contributed by atoms with E-state index in [-0.39, 0.29) is 0 Å². The lowest BCUT2D eigenvalue weighted by atomic mass is 9.91. The lowest BCUT2D eigenvalue weighted by Crippen LogP contribution is -2.38. The molecule has 2 heteroatoms. The van der Waals surface area contributed by atoms with Crippen LogP contribution < -0.4 is 5.32 Å². The second kappa shape index (κ2) is 5.31. The minimum Gasteiger partial charge on any atom is -0.396 e. The van der Waals surface area contributed by atoms with Gasteiger partial charge >= 0.3 is 0 Å². The first-order chi connectivity index (χ1) is 6.94. The van der Waals surface area contributed by atoms with Crippen molar-refractivity contribution in [1.82, 2.24) is 5.32 Å². The monoisotopic (exact) mass is 213 g/mol. The Kier molecular flexibility index (Phi) is 4.60. The summed E-state index contributed by atoms with van der Waals surface area (Å²) in [5.74, 6) is 0.788. The molecule has 15 heavy (non-hydrogen) atoms. The zero-order chi connectivity index (χ0) is 11.5. The van der Waals surface area contributed by atoms with E-state index in [9.17, 15) is 0 Å². The van der Waals surface area contributed by atoms with Gasteiger partial charge in [0.2, 0.25) is 0 Å². The molecular weight excluding hydrogens is 186 g/mol. The Bertz CT molecular complexity index is 191. The number of nitrogens with one attached hydrogen (secondary N) is 1. The molecule has 2 N–H and O–H groups in total. The summed E-state index contributed by atoms with van der Waals surface area (Å²) in [6.45, 7) is 9.63. The van der Waals surface area contributed by atoms with Crippen LogP contribution in [-0.2, 0) is 0 Å². The Morgan fingerprint density at radius 2 is 2.07 bits per heavy atom. The van der Waals surface area contributed by atoms with Gasteiger partial charge in [-0.25, -0.2) is 0 Å². The standard InChI is InChI=1S/C13H27NO/c1-10-8-13(3,4)9-12(10)14-11(2)6-5-7-15/h10-12,14-15H,5-9H2,1-4H3/t10-,11+,12+/m0/s1. The average molecular weight is 213 g/mol. The van der Waals surface area contributed by atoms with Crippen molar-refractivity contribution < 1.29 is 5.11 Å². The lowest BCUT2D eigenvalue weighted by Gasteiger charge is -2.23. The van der Waals surface area contributed by atoms with E-state index >= 15 is 0 Å². The molecule has 0 bridgehead atoms. The zero-order valence-electron chi connectivity index (χ0n) is 10.7. The van der Waals surface area contributed by atoms with E-state index in [1.807, 2.05) is 0 Å². The highest BCUT2D eigenvalue weighted by Crippen LogP contribution is 2.41. The van der Waals surface area contributed by atoms with Crippen molar-refractivity contribution >= 4 is 0 Å². The van der Waals surface area contributed by atoms with Gasteiger partial charge in [-0.1, -0.05) is 20.8 Å². The summed E-state index contributed by atoms with van der Waals surface area (Å²) in [4.78, 5) is 0. The summed E-state index contributed by atoms with van der Waals surface area (Å²) in [5, 5.41) is 12.5. The predicted molar refractivity (Wildman–Crippen MR) is 64.9 cm³/mol. The molecule has 0 aromatic carbocycles. The molecule has 0 spiro atoms.